The highest BCUT2D eigenvalue weighted by Gasteiger charge is 2.12. The van der Waals surface area contributed by atoms with Gasteiger partial charge in [0.05, 0.1) is 16.4 Å². The van der Waals surface area contributed by atoms with Crippen molar-refractivity contribution >= 4 is 27.5 Å². The molecule has 2 nitrogen and oxygen atoms in total. The Bertz CT molecular complexity index is 307. The summed E-state index contributed by atoms with van der Waals surface area (Å²) < 4.78 is 1.99. The van der Waals surface area contributed by atoms with Crippen LogP contribution >= 0.6 is 27.5 Å². The Labute approximate surface area is 98.8 Å². The normalized spacial score (nSPS) is 13.2. The summed E-state index contributed by atoms with van der Waals surface area (Å²) >= 11 is 9.71. The standard InChI is InChI=1S/C10H16BrClN2/c1-4-14-9(6-5-7(2)11)10(12)8(3)13-14/h7H,4-6H2,1-3H3. The molecule has 1 heterocycles. The van der Waals surface area contributed by atoms with Crippen LogP contribution in [0.2, 0.25) is 5.02 Å². The minimum atomic E-state index is 0.527. The first-order chi connectivity index (χ1) is 6.56. The van der Waals surface area contributed by atoms with E-state index < -0.39 is 0 Å². The fourth-order valence-electron chi connectivity index (χ4n) is 1.44. The highest BCUT2D eigenvalue weighted by molar-refractivity contribution is 9.09. The van der Waals surface area contributed by atoms with Crippen molar-refractivity contribution in [3.05, 3.63) is 16.4 Å². The summed E-state index contributed by atoms with van der Waals surface area (Å²) in [4.78, 5) is 0.527. The van der Waals surface area contributed by atoms with E-state index in [0.29, 0.717) is 4.83 Å². The lowest BCUT2D eigenvalue weighted by molar-refractivity contribution is 0.606. The number of alkyl halides is 1. The average molecular weight is 280 g/mol. The molecule has 0 aliphatic heterocycles. The molecule has 0 aromatic carbocycles. The maximum Gasteiger partial charge on any atom is 0.0847 e. The smallest absolute Gasteiger partial charge is 0.0847 e. The van der Waals surface area contributed by atoms with Gasteiger partial charge in [0.1, 0.15) is 0 Å². The zero-order valence-corrected chi connectivity index (χ0v) is 11.2. The van der Waals surface area contributed by atoms with Crippen LogP contribution in [0.4, 0.5) is 0 Å². The first-order valence-electron chi connectivity index (χ1n) is 4.92. The Morgan fingerprint density at radius 1 is 1.57 bits per heavy atom. The summed E-state index contributed by atoms with van der Waals surface area (Å²) in [6, 6.07) is 0. The van der Waals surface area contributed by atoms with Crippen LogP contribution in [0.25, 0.3) is 0 Å². The van der Waals surface area contributed by atoms with Gasteiger partial charge in [0.15, 0.2) is 0 Å². The molecule has 4 heteroatoms. The van der Waals surface area contributed by atoms with Gasteiger partial charge in [-0.05, 0) is 26.7 Å². The summed E-state index contributed by atoms with van der Waals surface area (Å²) in [6.45, 7) is 7.08. The van der Waals surface area contributed by atoms with E-state index in [1.807, 2.05) is 11.6 Å². The van der Waals surface area contributed by atoms with Crippen LogP contribution in [0.15, 0.2) is 0 Å². The second kappa shape index (κ2) is 5.17. The van der Waals surface area contributed by atoms with Gasteiger partial charge in [-0.15, -0.1) is 0 Å². The summed E-state index contributed by atoms with van der Waals surface area (Å²) in [5.41, 5.74) is 2.10. The second-order valence-corrected chi connectivity index (χ2v) is 5.42. The molecule has 0 radical (unpaired) electrons. The van der Waals surface area contributed by atoms with Gasteiger partial charge in [0.25, 0.3) is 0 Å². The molecule has 0 aliphatic rings. The Hall–Kier alpha value is -0.0200. The largest absolute Gasteiger partial charge is 0.268 e. The number of halogens is 2. The summed E-state index contributed by atoms with van der Waals surface area (Å²) in [5, 5.41) is 5.21. The van der Waals surface area contributed by atoms with E-state index in [-0.39, 0.29) is 0 Å². The maximum absolute atomic E-state index is 6.18. The number of aromatic nitrogens is 2. The molecule has 1 unspecified atom stereocenters. The molecule has 0 N–H and O–H groups in total. The van der Waals surface area contributed by atoms with Crippen molar-refractivity contribution in [2.45, 2.75) is 45.0 Å². The molecule has 1 aromatic rings. The monoisotopic (exact) mass is 278 g/mol. The van der Waals surface area contributed by atoms with Gasteiger partial charge >= 0.3 is 0 Å². The fourth-order valence-corrected chi connectivity index (χ4v) is 1.90. The minimum absolute atomic E-state index is 0.527. The van der Waals surface area contributed by atoms with Gasteiger partial charge in [-0.25, -0.2) is 0 Å². The van der Waals surface area contributed by atoms with Gasteiger partial charge in [-0.2, -0.15) is 5.10 Å². The molecule has 80 valence electrons. The molecule has 0 saturated heterocycles. The summed E-state index contributed by atoms with van der Waals surface area (Å²) in [7, 11) is 0. The van der Waals surface area contributed by atoms with Crippen LogP contribution in [-0.2, 0) is 13.0 Å². The molecule has 0 spiro atoms. The van der Waals surface area contributed by atoms with E-state index >= 15 is 0 Å². The van der Waals surface area contributed by atoms with Crippen LogP contribution in [0.3, 0.4) is 0 Å². The SMILES string of the molecule is CCn1nc(C)c(Cl)c1CCC(C)Br. The lowest BCUT2D eigenvalue weighted by Gasteiger charge is -2.06. The molecular formula is C10H16BrClN2. The highest BCUT2D eigenvalue weighted by atomic mass is 79.9. The molecule has 1 aromatic heterocycles. The van der Waals surface area contributed by atoms with Crippen LogP contribution in [0.1, 0.15) is 31.7 Å². The van der Waals surface area contributed by atoms with Gasteiger partial charge in [0.2, 0.25) is 0 Å². The van der Waals surface area contributed by atoms with Crippen molar-refractivity contribution in [3.63, 3.8) is 0 Å². The Kier molecular flexibility index (Phi) is 4.45. The first kappa shape index (κ1) is 12.1. The quantitative estimate of drug-likeness (QED) is 0.770. The zero-order valence-electron chi connectivity index (χ0n) is 8.85. The highest BCUT2D eigenvalue weighted by Crippen LogP contribution is 2.22. The van der Waals surface area contributed by atoms with Crippen LogP contribution in [-0.4, -0.2) is 14.6 Å². The number of aryl methyl sites for hydroxylation is 2. The predicted molar refractivity (Wildman–Crippen MR) is 64.4 cm³/mol. The Balaban J connectivity index is 2.82. The summed E-state index contributed by atoms with van der Waals surface area (Å²) in [6.07, 6.45) is 2.07. The molecule has 0 aliphatic carbocycles. The van der Waals surface area contributed by atoms with E-state index in [1.54, 1.807) is 0 Å². The van der Waals surface area contributed by atoms with Gasteiger partial charge < -0.3 is 0 Å². The molecule has 14 heavy (non-hydrogen) atoms. The van der Waals surface area contributed by atoms with E-state index in [1.165, 1.54) is 0 Å². The molecule has 0 saturated carbocycles. The minimum Gasteiger partial charge on any atom is -0.268 e. The molecule has 1 rings (SSSR count). The van der Waals surface area contributed by atoms with Gasteiger partial charge in [-0.1, -0.05) is 34.5 Å². The molecule has 0 fully saturated rings. The number of hydrogen-bond donors (Lipinski definition) is 0. The molecule has 1 atom stereocenters. The van der Waals surface area contributed by atoms with Crippen LogP contribution in [0.5, 0.6) is 0 Å². The fraction of sp³-hybridized carbons (Fsp3) is 0.700. The maximum atomic E-state index is 6.18. The van der Waals surface area contributed by atoms with E-state index in [4.69, 9.17) is 11.6 Å². The number of rotatable bonds is 4. The van der Waals surface area contributed by atoms with E-state index in [2.05, 4.69) is 34.9 Å². The third-order valence-corrected chi connectivity index (χ3v) is 3.18. The first-order valence-corrected chi connectivity index (χ1v) is 6.21. The molecular weight excluding hydrogens is 263 g/mol. The van der Waals surface area contributed by atoms with E-state index in [9.17, 15) is 0 Å². The van der Waals surface area contributed by atoms with Crippen molar-refractivity contribution in [1.82, 2.24) is 9.78 Å². The average Bonchev–Trinajstić information content (AvgIpc) is 2.40. The summed E-state index contributed by atoms with van der Waals surface area (Å²) in [5.74, 6) is 0. The third kappa shape index (κ3) is 2.74. The van der Waals surface area contributed by atoms with Crippen LogP contribution < -0.4 is 0 Å². The van der Waals surface area contributed by atoms with Crippen molar-refractivity contribution in [1.29, 1.82) is 0 Å². The molecule has 0 amide bonds. The number of hydrogen-bond acceptors (Lipinski definition) is 1. The van der Waals surface area contributed by atoms with Crippen LogP contribution in [0, 0.1) is 6.92 Å². The lowest BCUT2D eigenvalue weighted by Crippen LogP contribution is -2.05. The third-order valence-electron chi connectivity index (χ3n) is 2.23. The van der Waals surface area contributed by atoms with Crippen molar-refractivity contribution in [3.8, 4) is 0 Å². The zero-order chi connectivity index (χ0) is 10.7. The Morgan fingerprint density at radius 2 is 2.21 bits per heavy atom. The Morgan fingerprint density at radius 3 is 2.71 bits per heavy atom. The topological polar surface area (TPSA) is 17.8 Å². The van der Waals surface area contributed by atoms with Crippen molar-refractivity contribution in [2.24, 2.45) is 0 Å². The van der Waals surface area contributed by atoms with Gasteiger partial charge in [0, 0.05) is 11.4 Å². The van der Waals surface area contributed by atoms with Crippen molar-refractivity contribution < 1.29 is 0 Å². The van der Waals surface area contributed by atoms with Gasteiger partial charge in [-0.3, -0.25) is 4.68 Å². The number of nitrogens with zero attached hydrogens (tertiary/aromatic N) is 2. The molecule has 0 bridgehead atoms. The lowest BCUT2D eigenvalue weighted by atomic mass is 10.2. The van der Waals surface area contributed by atoms with E-state index in [0.717, 1.165) is 35.8 Å². The van der Waals surface area contributed by atoms with Crippen molar-refractivity contribution in [2.75, 3.05) is 0 Å². The second-order valence-electron chi connectivity index (χ2n) is 3.48. The predicted octanol–water partition coefficient (Wildman–Crippen LogP) is 3.58.